The molecule has 0 spiro atoms. The molecule has 1 aromatic carbocycles. The van der Waals surface area contributed by atoms with Gasteiger partial charge in [-0.25, -0.2) is 8.42 Å². The molecule has 0 fully saturated rings. The van der Waals surface area contributed by atoms with E-state index in [2.05, 4.69) is 20.8 Å². The highest BCUT2D eigenvalue weighted by molar-refractivity contribution is 8.13. The molecular weight excluding hydrogens is 264 g/mol. The van der Waals surface area contributed by atoms with Gasteiger partial charge in [0.25, 0.3) is 0 Å². The van der Waals surface area contributed by atoms with E-state index < -0.39 is 9.84 Å². The van der Waals surface area contributed by atoms with Crippen molar-refractivity contribution in [2.75, 3.05) is 6.26 Å². The molecule has 1 rings (SSSR count). The maximum atomic E-state index is 12.5. The van der Waals surface area contributed by atoms with Gasteiger partial charge in [0.05, 0.1) is 4.90 Å². The van der Waals surface area contributed by atoms with Crippen LogP contribution in [0.1, 0.15) is 32.8 Å². The predicted molar refractivity (Wildman–Crippen MR) is 79.7 cm³/mol. The number of benzene rings is 1. The largest absolute Gasteiger partial charge is 0.223 e. The quantitative estimate of drug-likeness (QED) is 0.842. The first-order valence-electron chi connectivity index (χ1n) is 6.00. The Bertz CT molecular complexity index is 482. The Hall–Kier alpha value is -0.480. The molecule has 0 aliphatic carbocycles. The van der Waals surface area contributed by atoms with Gasteiger partial charge in [-0.15, -0.1) is 11.8 Å². The number of sulfone groups is 1. The second-order valence-corrected chi connectivity index (χ2v) is 9.26. The summed E-state index contributed by atoms with van der Waals surface area (Å²) in [5.41, 5.74) is 1.08. The lowest BCUT2D eigenvalue weighted by atomic mass is 9.93. The molecule has 0 radical (unpaired) electrons. The summed E-state index contributed by atoms with van der Waals surface area (Å²) in [7, 11) is -3.24. The summed E-state index contributed by atoms with van der Waals surface area (Å²) in [5, 5.41) is 0. The minimum absolute atomic E-state index is 0.00540. The van der Waals surface area contributed by atoms with Crippen molar-refractivity contribution in [3.63, 3.8) is 0 Å². The van der Waals surface area contributed by atoms with Crippen molar-refractivity contribution in [1.29, 1.82) is 0 Å². The summed E-state index contributed by atoms with van der Waals surface area (Å²) in [6, 6.07) is 7.11. The first-order valence-corrected chi connectivity index (χ1v) is 8.83. The Morgan fingerprint density at radius 3 is 2.06 bits per heavy atom. The third-order valence-corrected chi connectivity index (χ3v) is 6.56. The number of thioether (sulfide) groups is 1. The van der Waals surface area contributed by atoms with E-state index in [4.69, 9.17) is 0 Å². The van der Waals surface area contributed by atoms with Crippen molar-refractivity contribution in [2.45, 2.75) is 43.6 Å². The van der Waals surface area contributed by atoms with Crippen molar-refractivity contribution in [3.8, 4) is 0 Å². The summed E-state index contributed by atoms with van der Waals surface area (Å²) in [6.07, 6.45) is 2.52. The number of rotatable bonds is 4. The van der Waals surface area contributed by atoms with Gasteiger partial charge in [-0.3, -0.25) is 0 Å². The predicted octanol–water partition coefficient (Wildman–Crippen LogP) is 3.89. The van der Waals surface area contributed by atoms with Gasteiger partial charge in [0, 0.05) is 0 Å². The fraction of sp³-hybridized carbons (Fsp3) is 0.571. The Morgan fingerprint density at radius 2 is 1.67 bits per heavy atom. The van der Waals surface area contributed by atoms with E-state index in [0.29, 0.717) is 11.3 Å². The van der Waals surface area contributed by atoms with Gasteiger partial charge in [-0.05, 0) is 37.1 Å². The lowest BCUT2D eigenvalue weighted by Gasteiger charge is -2.24. The third-order valence-electron chi connectivity index (χ3n) is 2.74. The molecule has 2 nitrogen and oxygen atoms in total. The molecule has 0 unspecified atom stereocenters. The van der Waals surface area contributed by atoms with Crippen molar-refractivity contribution < 1.29 is 8.42 Å². The molecule has 0 N–H and O–H groups in total. The number of aryl methyl sites for hydroxylation is 1. The highest BCUT2D eigenvalue weighted by Gasteiger charge is 2.30. The molecular formula is C14H22O2S2. The van der Waals surface area contributed by atoms with Crippen LogP contribution in [0.2, 0.25) is 0 Å². The Morgan fingerprint density at radius 1 is 1.17 bits per heavy atom. The van der Waals surface area contributed by atoms with Gasteiger partial charge in [-0.1, -0.05) is 38.5 Å². The summed E-state index contributed by atoms with van der Waals surface area (Å²) in [5.74, 6) is 0. The van der Waals surface area contributed by atoms with E-state index in [1.807, 2.05) is 25.3 Å². The summed E-state index contributed by atoms with van der Waals surface area (Å²) in [6.45, 7) is 8.17. The van der Waals surface area contributed by atoms with E-state index in [1.54, 1.807) is 12.1 Å². The summed E-state index contributed by atoms with van der Waals surface area (Å²) >= 11 is 1.41. The molecule has 1 aromatic rings. The molecule has 0 heterocycles. The summed E-state index contributed by atoms with van der Waals surface area (Å²) in [4.78, 5) is 0.428. The van der Waals surface area contributed by atoms with Crippen LogP contribution in [-0.4, -0.2) is 19.3 Å². The molecule has 1 atom stereocenters. The monoisotopic (exact) mass is 286 g/mol. The second kappa shape index (κ2) is 5.66. The Labute approximate surface area is 115 Å². The van der Waals surface area contributed by atoms with Crippen molar-refractivity contribution in [1.82, 2.24) is 0 Å². The van der Waals surface area contributed by atoms with Gasteiger partial charge < -0.3 is 0 Å². The highest BCUT2D eigenvalue weighted by Crippen LogP contribution is 2.33. The zero-order chi connectivity index (χ0) is 14.0. The van der Waals surface area contributed by atoms with Crippen LogP contribution >= 0.6 is 11.8 Å². The molecule has 0 aliphatic heterocycles. The van der Waals surface area contributed by atoms with Crippen LogP contribution in [0, 0.1) is 12.3 Å². The minimum Gasteiger partial charge on any atom is -0.223 e. The standard InChI is InChI=1S/C14H22O2S2/c1-11-6-8-12(9-7-11)18(15,16)13(17-5)10-14(2,3)4/h6-9,13H,10H2,1-5H3/t13-/m1/s1. The van der Waals surface area contributed by atoms with E-state index in [0.717, 1.165) is 5.56 Å². The van der Waals surface area contributed by atoms with E-state index in [-0.39, 0.29) is 10.00 Å². The van der Waals surface area contributed by atoms with Gasteiger partial charge in [0.2, 0.25) is 0 Å². The number of hydrogen-bond acceptors (Lipinski definition) is 3. The maximum Gasteiger partial charge on any atom is 0.190 e. The number of hydrogen-bond donors (Lipinski definition) is 0. The lowest BCUT2D eigenvalue weighted by Crippen LogP contribution is -2.24. The average molecular weight is 286 g/mol. The second-order valence-electron chi connectivity index (χ2n) is 5.79. The smallest absolute Gasteiger partial charge is 0.190 e. The van der Waals surface area contributed by atoms with E-state index in [9.17, 15) is 8.42 Å². The molecule has 0 saturated heterocycles. The lowest BCUT2D eigenvalue weighted by molar-refractivity contribution is 0.390. The highest BCUT2D eigenvalue weighted by atomic mass is 32.3. The maximum absolute atomic E-state index is 12.5. The van der Waals surface area contributed by atoms with Crippen molar-refractivity contribution in [2.24, 2.45) is 5.41 Å². The first-order chi connectivity index (χ1) is 8.16. The molecule has 4 heteroatoms. The van der Waals surface area contributed by atoms with Crippen molar-refractivity contribution in [3.05, 3.63) is 29.8 Å². The first kappa shape index (κ1) is 15.6. The SMILES string of the molecule is CS[C@@H](CC(C)(C)C)S(=O)(=O)c1ccc(C)cc1. The van der Waals surface area contributed by atoms with Crippen LogP contribution in [0.25, 0.3) is 0 Å². The van der Waals surface area contributed by atoms with Crippen molar-refractivity contribution >= 4 is 21.6 Å². The zero-order valence-corrected chi connectivity index (χ0v) is 13.4. The molecule has 0 aliphatic rings. The Kier molecular flexibility index (Phi) is 4.90. The minimum atomic E-state index is -3.24. The van der Waals surface area contributed by atoms with Crippen LogP contribution in [0.15, 0.2) is 29.2 Å². The summed E-state index contributed by atoms with van der Waals surface area (Å²) < 4.78 is 24.7. The fourth-order valence-corrected chi connectivity index (χ4v) is 5.25. The van der Waals surface area contributed by atoms with Crippen LogP contribution < -0.4 is 0 Å². The van der Waals surface area contributed by atoms with E-state index >= 15 is 0 Å². The van der Waals surface area contributed by atoms with Gasteiger partial charge in [-0.2, -0.15) is 0 Å². The van der Waals surface area contributed by atoms with Gasteiger partial charge in [0.15, 0.2) is 9.84 Å². The van der Waals surface area contributed by atoms with Crippen LogP contribution in [0.4, 0.5) is 0 Å². The third kappa shape index (κ3) is 4.02. The average Bonchev–Trinajstić information content (AvgIpc) is 2.25. The van der Waals surface area contributed by atoms with Crippen LogP contribution in [0.5, 0.6) is 0 Å². The van der Waals surface area contributed by atoms with E-state index in [1.165, 1.54) is 11.8 Å². The van der Waals surface area contributed by atoms with Crippen LogP contribution in [0.3, 0.4) is 0 Å². The normalized spacial score (nSPS) is 14.5. The zero-order valence-electron chi connectivity index (χ0n) is 11.7. The Balaban J connectivity index is 3.07. The molecule has 0 bridgehead atoms. The fourth-order valence-electron chi connectivity index (χ4n) is 1.70. The molecule has 102 valence electrons. The van der Waals surface area contributed by atoms with Crippen LogP contribution in [-0.2, 0) is 9.84 Å². The molecule has 18 heavy (non-hydrogen) atoms. The molecule has 0 aromatic heterocycles. The topological polar surface area (TPSA) is 34.1 Å². The molecule has 0 amide bonds. The van der Waals surface area contributed by atoms with Gasteiger partial charge >= 0.3 is 0 Å². The van der Waals surface area contributed by atoms with Gasteiger partial charge in [0.1, 0.15) is 4.58 Å². The molecule has 0 saturated carbocycles.